The highest BCUT2D eigenvalue weighted by Gasteiger charge is 2.04. The van der Waals surface area contributed by atoms with Gasteiger partial charge in [-0.25, -0.2) is 0 Å². The first-order valence-electron chi connectivity index (χ1n) is 7.95. The molecule has 1 N–H and O–H groups in total. The third-order valence-electron chi connectivity index (χ3n) is 3.32. The Kier molecular flexibility index (Phi) is 8.70. The molecule has 124 valence electrons. The molecule has 0 radical (unpaired) electrons. The summed E-state index contributed by atoms with van der Waals surface area (Å²) in [6.07, 6.45) is 6.82. The van der Waals surface area contributed by atoms with E-state index in [1.165, 1.54) is 0 Å². The van der Waals surface area contributed by atoms with E-state index in [0.29, 0.717) is 25.6 Å². The molecular formula is C20H27NO2. The summed E-state index contributed by atoms with van der Waals surface area (Å²) in [7, 11) is 0. The number of rotatable bonds is 10. The van der Waals surface area contributed by atoms with Crippen LogP contribution in [0.5, 0.6) is 0 Å². The second kappa shape index (κ2) is 10.6. The third-order valence-corrected chi connectivity index (χ3v) is 3.32. The van der Waals surface area contributed by atoms with Crippen LogP contribution in [-0.2, 0) is 16.1 Å². The molecular weight excluding hydrogens is 286 g/mol. The van der Waals surface area contributed by atoms with Crippen molar-refractivity contribution in [2.45, 2.75) is 33.3 Å². The van der Waals surface area contributed by atoms with E-state index >= 15 is 0 Å². The van der Waals surface area contributed by atoms with E-state index in [4.69, 9.17) is 4.74 Å². The number of benzene rings is 1. The van der Waals surface area contributed by atoms with Gasteiger partial charge in [-0.1, -0.05) is 57.4 Å². The van der Waals surface area contributed by atoms with E-state index in [1.807, 2.05) is 30.3 Å². The second-order valence-electron chi connectivity index (χ2n) is 5.85. The normalized spacial score (nSPS) is 11.3. The Morgan fingerprint density at radius 2 is 1.96 bits per heavy atom. The van der Waals surface area contributed by atoms with Gasteiger partial charge in [-0.3, -0.25) is 4.79 Å². The van der Waals surface area contributed by atoms with Crippen LogP contribution in [0.4, 0.5) is 5.69 Å². The van der Waals surface area contributed by atoms with Gasteiger partial charge in [0, 0.05) is 12.1 Å². The van der Waals surface area contributed by atoms with Crippen molar-refractivity contribution >= 4 is 11.6 Å². The highest BCUT2D eigenvalue weighted by molar-refractivity contribution is 5.90. The minimum absolute atomic E-state index is 0.0629. The lowest BCUT2D eigenvalue weighted by atomic mass is 10.1. The lowest BCUT2D eigenvalue weighted by Gasteiger charge is -2.08. The zero-order valence-electron chi connectivity index (χ0n) is 14.2. The maximum absolute atomic E-state index is 11.8. The van der Waals surface area contributed by atoms with E-state index in [9.17, 15) is 4.79 Å². The highest BCUT2D eigenvalue weighted by Crippen LogP contribution is 2.12. The lowest BCUT2D eigenvalue weighted by Crippen LogP contribution is -2.12. The van der Waals surface area contributed by atoms with Crippen LogP contribution < -0.4 is 5.32 Å². The van der Waals surface area contributed by atoms with Crippen molar-refractivity contribution in [3.05, 3.63) is 66.8 Å². The SMILES string of the molecule is C=C/C=C(\C=C)COCc1ccc(NC(=O)CCC(C)C)cc1. The van der Waals surface area contributed by atoms with E-state index < -0.39 is 0 Å². The molecule has 3 nitrogen and oxygen atoms in total. The van der Waals surface area contributed by atoms with Gasteiger partial charge in [0.05, 0.1) is 13.2 Å². The molecule has 0 spiro atoms. The molecule has 0 aliphatic carbocycles. The number of allylic oxidation sites excluding steroid dienone is 2. The number of ether oxygens (including phenoxy) is 1. The van der Waals surface area contributed by atoms with Crippen LogP contribution in [0.15, 0.2) is 61.2 Å². The minimum atomic E-state index is 0.0629. The molecule has 1 amide bonds. The number of nitrogens with one attached hydrogen (secondary N) is 1. The van der Waals surface area contributed by atoms with Crippen molar-refractivity contribution in [2.75, 3.05) is 11.9 Å². The van der Waals surface area contributed by atoms with E-state index in [0.717, 1.165) is 23.2 Å². The molecule has 0 aromatic heterocycles. The van der Waals surface area contributed by atoms with Gasteiger partial charge >= 0.3 is 0 Å². The summed E-state index contributed by atoms with van der Waals surface area (Å²) in [6.45, 7) is 12.6. The van der Waals surface area contributed by atoms with Crippen LogP contribution in [0, 0.1) is 5.92 Å². The van der Waals surface area contributed by atoms with Crippen LogP contribution in [0.2, 0.25) is 0 Å². The van der Waals surface area contributed by atoms with Crippen molar-refractivity contribution < 1.29 is 9.53 Å². The molecule has 1 aromatic carbocycles. The Morgan fingerprint density at radius 1 is 1.26 bits per heavy atom. The maximum atomic E-state index is 11.8. The summed E-state index contributed by atoms with van der Waals surface area (Å²) in [6, 6.07) is 7.73. The van der Waals surface area contributed by atoms with Crippen LogP contribution in [-0.4, -0.2) is 12.5 Å². The van der Waals surface area contributed by atoms with Crippen LogP contribution in [0.1, 0.15) is 32.3 Å². The van der Waals surface area contributed by atoms with Crippen molar-refractivity contribution in [1.29, 1.82) is 0 Å². The topological polar surface area (TPSA) is 38.3 Å². The highest BCUT2D eigenvalue weighted by atomic mass is 16.5. The summed E-state index contributed by atoms with van der Waals surface area (Å²) in [4.78, 5) is 11.8. The number of amides is 1. The van der Waals surface area contributed by atoms with E-state index in [2.05, 4.69) is 32.3 Å². The first-order chi connectivity index (χ1) is 11.0. The molecule has 0 atom stereocenters. The van der Waals surface area contributed by atoms with Gasteiger partial charge < -0.3 is 10.1 Å². The first kappa shape index (κ1) is 18.9. The molecule has 0 saturated heterocycles. The average Bonchev–Trinajstić information content (AvgIpc) is 2.53. The van der Waals surface area contributed by atoms with Gasteiger partial charge in [0.15, 0.2) is 0 Å². The van der Waals surface area contributed by atoms with E-state index in [-0.39, 0.29) is 5.91 Å². The summed E-state index contributed by atoms with van der Waals surface area (Å²) >= 11 is 0. The lowest BCUT2D eigenvalue weighted by molar-refractivity contribution is -0.116. The van der Waals surface area contributed by atoms with Gasteiger partial charge in [0.2, 0.25) is 5.91 Å². The quantitative estimate of drug-likeness (QED) is 0.625. The predicted molar refractivity (Wildman–Crippen MR) is 97.3 cm³/mol. The molecule has 0 aliphatic heterocycles. The third kappa shape index (κ3) is 8.17. The second-order valence-corrected chi connectivity index (χ2v) is 5.85. The summed E-state index contributed by atoms with van der Waals surface area (Å²) in [5.41, 5.74) is 2.88. The molecule has 0 aliphatic rings. The Morgan fingerprint density at radius 3 is 2.52 bits per heavy atom. The van der Waals surface area contributed by atoms with E-state index in [1.54, 1.807) is 12.2 Å². The molecule has 0 bridgehead atoms. The monoisotopic (exact) mass is 313 g/mol. The van der Waals surface area contributed by atoms with Gasteiger partial charge in [-0.2, -0.15) is 0 Å². The van der Waals surface area contributed by atoms with Gasteiger partial charge in [-0.15, -0.1) is 0 Å². The zero-order valence-corrected chi connectivity index (χ0v) is 14.2. The largest absolute Gasteiger partial charge is 0.372 e. The summed E-state index contributed by atoms with van der Waals surface area (Å²) in [5.74, 6) is 0.601. The number of hydrogen-bond acceptors (Lipinski definition) is 2. The van der Waals surface area contributed by atoms with Crippen LogP contribution in [0.3, 0.4) is 0 Å². The van der Waals surface area contributed by atoms with Crippen LogP contribution >= 0.6 is 0 Å². The van der Waals surface area contributed by atoms with Crippen molar-refractivity contribution in [3.8, 4) is 0 Å². The first-order valence-corrected chi connectivity index (χ1v) is 7.95. The summed E-state index contributed by atoms with van der Waals surface area (Å²) < 4.78 is 5.64. The molecule has 1 aromatic rings. The van der Waals surface area contributed by atoms with Gasteiger partial charge in [0.25, 0.3) is 0 Å². The number of hydrogen-bond donors (Lipinski definition) is 1. The standard InChI is InChI=1S/C20H27NO2/c1-5-7-17(6-2)14-23-15-18-9-11-19(12-10-18)21-20(22)13-8-16(3)4/h5-7,9-12,16H,1-2,8,13-15H2,3-4H3,(H,21,22)/b17-7+. The molecule has 0 saturated carbocycles. The Hall–Kier alpha value is -2.13. The minimum Gasteiger partial charge on any atom is -0.372 e. The van der Waals surface area contributed by atoms with Gasteiger partial charge in [-0.05, 0) is 35.6 Å². The van der Waals surface area contributed by atoms with Gasteiger partial charge in [0.1, 0.15) is 0 Å². The van der Waals surface area contributed by atoms with Crippen molar-refractivity contribution in [3.63, 3.8) is 0 Å². The zero-order chi connectivity index (χ0) is 17.1. The van der Waals surface area contributed by atoms with Crippen LogP contribution in [0.25, 0.3) is 0 Å². The Balaban J connectivity index is 2.41. The maximum Gasteiger partial charge on any atom is 0.224 e. The molecule has 23 heavy (non-hydrogen) atoms. The molecule has 0 fully saturated rings. The number of carbonyl (C=O) groups is 1. The average molecular weight is 313 g/mol. The fourth-order valence-corrected chi connectivity index (χ4v) is 1.94. The fourth-order valence-electron chi connectivity index (χ4n) is 1.94. The fraction of sp³-hybridized carbons (Fsp3) is 0.350. The van der Waals surface area contributed by atoms with Crippen molar-refractivity contribution in [1.82, 2.24) is 0 Å². The Labute approximate surface area is 139 Å². The molecule has 1 rings (SSSR count). The summed E-state index contributed by atoms with van der Waals surface area (Å²) in [5, 5.41) is 2.91. The molecule has 0 heterocycles. The predicted octanol–water partition coefficient (Wildman–Crippen LogP) is 4.88. The Bertz CT molecular complexity index is 541. The van der Waals surface area contributed by atoms with Crippen molar-refractivity contribution in [2.24, 2.45) is 5.92 Å². The smallest absolute Gasteiger partial charge is 0.224 e. The number of anilines is 1. The molecule has 3 heteroatoms. The number of carbonyl (C=O) groups excluding carboxylic acids is 1. The molecule has 0 unspecified atom stereocenters.